The quantitative estimate of drug-likeness (QED) is 0.482. The van der Waals surface area contributed by atoms with Crippen LogP contribution in [-0.2, 0) is 11.2 Å². The molecule has 0 bridgehead atoms. The van der Waals surface area contributed by atoms with Crippen LogP contribution in [0.4, 0.5) is 0 Å². The van der Waals surface area contributed by atoms with Gasteiger partial charge in [-0.25, -0.2) is 0 Å². The van der Waals surface area contributed by atoms with E-state index in [-0.39, 0.29) is 29.7 Å². The van der Waals surface area contributed by atoms with E-state index < -0.39 is 17.7 Å². The smallest absolute Gasteiger partial charge is 0.251 e. The van der Waals surface area contributed by atoms with E-state index in [0.717, 1.165) is 29.0 Å². The molecule has 37 heavy (non-hydrogen) atoms. The Hall–Kier alpha value is -3.19. The molecule has 2 aromatic rings. The summed E-state index contributed by atoms with van der Waals surface area (Å²) >= 11 is 0. The Labute approximate surface area is 218 Å². The van der Waals surface area contributed by atoms with Crippen molar-refractivity contribution in [2.45, 2.75) is 70.2 Å². The molecule has 6 rings (SSSR count). The molecule has 2 saturated carbocycles. The molecule has 3 fully saturated rings. The van der Waals surface area contributed by atoms with Crippen molar-refractivity contribution in [1.29, 1.82) is 5.41 Å². The lowest BCUT2D eigenvalue weighted by Crippen LogP contribution is -2.64. The highest BCUT2D eigenvalue weighted by Gasteiger charge is 2.58. The van der Waals surface area contributed by atoms with Crippen LogP contribution in [0.3, 0.4) is 0 Å². The summed E-state index contributed by atoms with van der Waals surface area (Å²) in [6.07, 6.45) is 2.44. The maximum Gasteiger partial charge on any atom is 0.251 e. The van der Waals surface area contributed by atoms with Gasteiger partial charge in [0.2, 0.25) is 5.91 Å². The zero-order valence-electron chi connectivity index (χ0n) is 21.7. The van der Waals surface area contributed by atoms with Gasteiger partial charge in [0.05, 0.1) is 24.6 Å². The van der Waals surface area contributed by atoms with Crippen LogP contribution in [0.1, 0.15) is 79.2 Å². The second-order valence-corrected chi connectivity index (χ2v) is 12.0. The van der Waals surface area contributed by atoms with E-state index in [0.29, 0.717) is 30.2 Å². The van der Waals surface area contributed by atoms with Gasteiger partial charge in [-0.2, -0.15) is 0 Å². The van der Waals surface area contributed by atoms with E-state index in [1.807, 2.05) is 49.4 Å². The molecule has 2 aromatic carbocycles. The Morgan fingerprint density at radius 1 is 1.19 bits per heavy atom. The lowest BCUT2D eigenvalue weighted by atomic mass is 9.75. The molecule has 2 amide bonds. The highest BCUT2D eigenvalue weighted by molar-refractivity contribution is 6.00. The number of hydrogen-bond acceptors (Lipinski definition) is 4. The van der Waals surface area contributed by atoms with E-state index in [9.17, 15) is 14.7 Å². The second kappa shape index (κ2) is 8.69. The summed E-state index contributed by atoms with van der Waals surface area (Å²) in [5.74, 6) is 1.71. The largest absolute Gasteiger partial charge is 0.390 e. The number of nitrogens with one attached hydrogen (secondary N) is 3. The van der Waals surface area contributed by atoms with Crippen molar-refractivity contribution in [2.24, 2.45) is 23.7 Å². The predicted octanol–water partition coefficient (Wildman–Crippen LogP) is 3.94. The lowest BCUT2D eigenvalue weighted by molar-refractivity contribution is -0.134. The molecule has 4 N–H and O–H groups in total. The topological polar surface area (TPSA) is 106 Å². The van der Waals surface area contributed by atoms with E-state index in [2.05, 4.69) is 24.5 Å². The number of carbonyl (C=O) groups is 2. The van der Waals surface area contributed by atoms with Gasteiger partial charge < -0.3 is 15.7 Å². The van der Waals surface area contributed by atoms with Crippen LogP contribution in [0.5, 0.6) is 0 Å². The van der Waals surface area contributed by atoms with Gasteiger partial charge in [-0.15, -0.1) is 0 Å². The monoisotopic (exact) mass is 500 g/mol. The Morgan fingerprint density at radius 2 is 1.97 bits per heavy atom. The van der Waals surface area contributed by atoms with Gasteiger partial charge in [0.15, 0.2) is 5.96 Å². The van der Waals surface area contributed by atoms with E-state index in [4.69, 9.17) is 5.41 Å². The summed E-state index contributed by atoms with van der Waals surface area (Å²) in [6.45, 7) is 6.16. The molecule has 0 radical (unpaired) electrons. The molecule has 1 saturated heterocycles. The third-order valence-electron chi connectivity index (χ3n) is 9.47. The fourth-order valence-electron chi connectivity index (χ4n) is 6.72. The maximum atomic E-state index is 13.5. The molecule has 7 nitrogen and oxygen atoms in total. The summed E-state index contributed by atoms with van der Waals surface area (Å²) in [7, 11) is 0. The van der Waals surface area contributed by atoms with Crippen molar-refractivity contribution in [3.63, 3.8) is 0 Å². The first kappa shape index (κ1) is 24.2. The van der Waals surface area contributed by atoms with Gasteiger partial charge >= 0.3 is 0 Å². The molecule has 194 valence electrons. The summed E-state index contributed by atoms with van der Waals surface area (Å²) in [5.41, 5.74) is 2.96. The molecule has 4 aliphatic rings. The zero-order chi connectivity index (χ0) is 26.1. The first-order valence-electron chi connectivity index (χ1n) is 13.5. The number of carbonyl (C=O) groups excluding carboxylic acids is 2. The molecule has 1 heterocycles. The van der Waals surface area contributed by atoms with Crippen LogP contribution < -0.4 is 10.6 Å². The number of guanidine groups is 1. The third kappa shape index (κ3) is 4.04. The first-order valence-corrected chi connectivity index (χ1v) is 13.5. The fourth-order valence-corrected chi connectivity index (χ4v) is 6.72. The average Bonchev–Trinajstić information content (AvgIpc) is 3.39. The number of amides is 2. The van der Waals surface area contributed by atoms with Crippen molar-refractivity contribution in [1.82, 2.24) is 15.5 Å². The van der Waals surface area contributed by atoms with Crippen molar-refractivity contribution in [3.05, 3.63) is 70.8 Å². The zero-order valence-corrected chi connectivity index (χ0v) is 21.7. The second-order valence-electron chi connectivity index (χ2n) is 12.0. The van der Waals surface area contributed by atoms with Gasteiger partial charge in [-0.3, -0.25) is 19.9 Å². The lowest BCUT2D eigenvalue weighted by Gasteiger charge is -2.48. The highest BCUT2D eigenvalue weighted by Crippen LogP contribution is 2.64. The van der Waals surface area contributed by atoms with Gasteiger partial charge in [0.1, 0.15) is 0 Å². The van der Waals surface area contributed by atoms with Crippen molar-refractivity contribution < 1.29 is 14.7 Å². The summed E-state index contributed by atoms with van der Waals surface area (Å²) in [6, 6.07) is 14.6. The Balaban J connectivity index is 1.28. The molecule has 0 spiro atoms. The highest BCUT2D eigenvalue weighted by atomic mass is 16.3. The van der Waals surface area contributed by atoms with Crippen molar-refractivity contribution in [3.8, 4) is 0 Å². The molecular weight excluding hydrogens is 464 g/mol. The van der Waals surface area contributed by atoms with Crippen molar-refractivity contribution in [2.75, 3.05) is 0 Å². The number of aliphatic hydroxyl groups excluding tert-OH is 1. The maximum absolute atomic E-state index is 13.5. The minimum atomic E-state index is -0.660. The number of rotatable bonds is 6. The van der Waals surface area contributed by atoms with Crippen LogP contribution >= 0.6 is 0 Å². The van der Waals surface area contributed by atoms with Gasteiger partial charge in [0, 0.05) is 17.5 Å². The van der Waals surface area contributed by atoms with Crippen LogP contribution in [0, 0.1) is 29.1 Å². The van der Waals surface area contributed by atoms with Gasteiger partial charge in [-0.1, -0.05) is 50.2 Å². The number of nitrogens with zero attached hydrogens (tertiary/aromatic N) is 1. The minimum absolute atomic E-state index is 0.0328. The fraction of sp³-hybridized carbons (Fsp3) is 0.500. The SMILES string of the molecule is CC(C)[C@]1(C)CC(=O)N(C(c2cccc(C(=O)N[C@@H]3c4ccccc4C[C@H]3O)c2)[C@@H]2CC3CC32)C(=N)N1. The molecule has 7 heteroatoms. The van der Waals surface area contributed by atoms with Crippen LogP contribution in [-0.4, -0.2) is 39.4 Å². The standard InChI is InChI=1S/C30H36N4O3/c1-16(2)30(3)15-25(36)34(29(31)33-30)27(23-13-20-12-22(20)23)18-8-6-9-19(11-18)28(37)32-26-21-10-5-4-7-17(21)14-24(26)35/h4-11,16,20,22-24,26-27,35H,12-15H2,1-3H3,(H2,31,33)(H,32,37)/t20?,22?,23-,24-,26-,27?,30+/m1/s1. The molecule has 7 atom stereocenters. The average molecular weight is 501 g/mol. The van der Waals surface area contributed by atoms with E-state index in [1.165, 1.54) is 6.42 Å². The number of fused-ring (bicyclic) bond motifs is 2. The predicted molar refractivity (Wildman–Crippen MR) is 141 cm³/mol. The molecular formula is C30H36N4O3. The van der Waals surface area contributed by atoms with Crippen LogP contribution in [0.15, 0.2) is 48.5 Å². The molecule has 0 aromatic heterocycles. The van der Waals surface area contributed by atoms with E-state index >= 15 is 0 Å². The van der Waals surface area contributed by atoms with Crippen molar-refractivity contribution >= 4 is 17.8 Å². The summed E-state index contributed by atoms with van der Waals surface area (Å²) in [5, 5.41) is 25.8. The molecule has 3 aliphatic carbocycles. The molecule has 1 aliphatic heterocycles. The summed E-state index contributed by atoms with van der Waals surface area (Å²) in [4.78, 5) is 28.6. The first-order chi connectivity index (χ1) is 17.7. The Kier molecular flexibility index (Phi) is 5.68. The third-order valence-corrected chi connectivity index (χ3v) is 9.47. The van der Waals surface area contributed by atoms with Gasteiger partial charge in [-0.05, 0) is 72.3 Å². The Morgan fingerprint density at radius 3 is 2.65 bits per heavy atom. The molecule has 3 unspecified atom stereocenters. The summed E-state index contributed by atoms with van der Waals surface area (Å²) < 4.78 is 0. The number of aliphatic hydroxyl groups is 1. The number of hydrogen-bond donors (Lipinski definition) is 4. The van der Waals surface area contributed by atoms with Gasteiger partial charge in [0.25, 0.3) is 5.91 Å². The number of benzene rings is 2. The minimum Gasteiger partial charge on any atom is -0.390 e. The van der Waals surface area contributed by atoms with Crippen LogP contribution in [0.25, 0.3) is 0 Å². The van der Waals surface area contributed by atoms with E-state index in [1.54, 1.807) is 11.0 Å². The Bertz CT molecular complexity index is 1250. The normalized spacial score (nSPS) is 32.8. The van der Waals surface area contributed by atoms with Crippen LogP contribution in [0.2, 0.25) is 0 Å².